The number of rotatable bonds is 1. The largest absolute Gasteiger partial charge is 0.306 e. The van der Waals surface area contributed by atoms with Crippen molar-refractivity contribution in [2.75, 3.05) is 0 Å². The lowest BCUT2D eigenvalue weighted by Crippen LogP contribution is -2.46. The van der Waals surface area contributed by atoms with Crippen LogP contribution in [0.15, 0.2) is 0 Å². The first-order chi connectivity index (χ1) is 5.25. The van der Waals surface area contributed by atoms with Gasteiger partial charge in [0.1, 0.15) is 5.78 Å². The maximum absolute atomic E-state index is 11.3. The summed E-state index contributed by atoms with van der Waals surface area (Å²) >= 11 is 0. The quantitative estimate of drug-likeness (QED) is 0.648. The van der Waals surface area contributed by atoms with E-state index in [9.17, 15) is 4.79 Å². The maximum atomic E-state index is 11.3. The molecule has 0 aromatic heterocycles. The van der Waals surface area contributed by atoms with Crippen molar-refractivity contribution in [3.63, 3.8) is 0 Å². The molecule has 0 radical (unpaired) electrons. The summed E-state index contributed by atoms with van der Waals surface area (Å²) in [6.45, 7) is 10.2. The van der Waals surface area contributed by atoms with E-state index in [0.717, 1.165) is 6.42 Å². The highest BCUT2D eigenvalue weighted by Crippen LogP contribution is 2.35. The van der Waals surface area contributed by atoms with Gasteiger partial charge < -0.3 is 5.32 Å². The minimum Gasteiger partial charge on any atom is -0.306 e. The molecule has 0 saturated carbocycles. The Morgan fingerprint density at radius 3 is 2.00 bits per heavy atom. The average Bonchev–Trinajstić information content (AvgIpc) is 1.99. The lowest BCUT2D eigenvalue weighted by atomic mass is 9.84. The molecule has 1 heterocycles. The molecule has 70 valence electrons. The molecule has 1 fully saturated rings. The van der Waals surface area contributed by atoms with Gasteiger partial charge in [-0.3, -0.25) is 4.79 Å². The Labute approximate surface area is 74.7 Å². The summed E-state index contributed by atoms with van der Waals surface area (Å²) in [5, 5.41) is 3.48. The van der Waals surface area contributed by atoms with E-state index in [4.69, 9.17) is 0 Å². The number of carbonyl (C=O) groups excluding carboxylic acids is 1. The van der Waals surface area contributed by atoms with Gasteiger partial charge in [0.15, 0.2) is 0 Å². The van der Waals surface area contributed by atoms with Crippen molar-refractivity contribution in [3.05, 3.63) is 0 Å². The zero-order valence-electron chi connectivity index (χ0n) is 8.69. The highest BCUT2D eigenvalue weighted by atomic mass is 16.1. The minimum absolute atomic E-state index is 0.0324. The zero-order valence-corrected chi connectivity index (χ0v) is 8.69. The van der Waals surface area contributed by atoms with Gasteiger partial charge in [-0.15, -0.1) is 0 Å². The van der Waals surface area contributed by atoms with E-state index < -0.39 is 0 Å². The van der Waals surface area contributed by atoms with Crippen molar-refractivity contribution >= 4 is 5.78 Å². The molecule has 1 atom stereocenters. The second-order valence-electron chi connectivity index (χ2n) is 5.10. The molecular formula is C10H19NO. The zero-order chi connectivity index (χ0) is 9.57. The van der Waals surface area contributed by atoms with Gasteiger partial charge in [-0.1, -0.05) is 0 Å². The predicted octanol–water partition coefficient (Wildman–Crippen LogP) is 1.74. The maximum Gasteiger partial charge on any atom is 0.134 e. The highest BCUT2D eigenvalue weighted by molar-refractivity contribution is 5.80. The van der Waals surface area contributed by atoms with E-state index in [1.807, 2.05) is 0 Å². The lowest BCUT2D eigenvalue weighted by molar-refractivity contribution is -0.121. The Morgan fingerprint density at radius 1 is 1.33 bits per heavy atom. The third kappa shape index (κ3) is 1.69. The van der Waals surface area contributed by atoms with Gasteiger partial charge in [-0.05, 0) is 41.0 Å². The molecule has 1 unspecified atom stereocenters. The Balaban J connectivity index is 2.85. The topological polar surface area (TPSA) is 29.1 Å². The van der Waals surface area contributed by atoms with Crippen molar-refractivity contribution in [3.8, 4) is 0 Å². The molecule has 12 heavy (non-hydrogen) atoms. The molecule has 1 aliphatic rings. The Hall–Kier alpha value is -0.370. The van der Waals surface area contributed by atoms with Gasteiger partial charge in [0.05, 0.1) is 0 Å². The number of nitrogens with one attached hydrogen (secondary N) is 1. The monoisotopic (exact) mass is 169 g/mol. The normalized spacial score (nSPS) is 31.9. The molecule has 0 aromatic rings. The van der Waals surface area contributed by atoms with Gasteiger partial charge in [-0.25, -0.2) is 0 Å². The van der Waals surface area contributed by atoms with Gasteiger partial charge >= 0.3 is 0 Å². The molecule has 0 aromatic carbocycles. The number of carbonyl (C=O) groups is 1. The summed E-state index contributed by atoms with van der Waals surface area (Å²) in [5.41, 5.74) is 0.0785. The first kappa shape index (κ1) is 9.72. The number of hydrogen-bond acceptors (Lipinski definition) is 2. The Kier molecular flexibility index (Phi) is 2.07. The average molecular weight is 169 g/mol. The lowest BCUT2D eigenvalue weighted by Gasteiger charge is -2.27. The number of ketones is 1. The summed E-state index contributed by atoms with van der Waals surface area (Å²) in [6.07, 6.45) is 0.954. The molecule has 1 saturated heterocycles. The number of hydrogen-bond donors (Lipinski definition) is 1. The van der Waals surface area contributed by atoms with Crippen LogP contribution in [0.4, 0.5) is 0 Å². The van der Waals surface area contributed by atoms with Gasteiger partial charge in [0.2, 0.25) is 0 Å². The summed E-state index contributed by atoms with van der Waals surface area (Å²) in [6, 6.07) is 0. The summed E-state index contributed by atoms with van der Waals surface area (Å²) in [7, 11) is 0. The third-order valence-corrected chi connectivity index (χ3v) is 2.74. The van der Waals surface area contributed by atoms with Crippen LogP contribution in [0.1, 0.15) is 41.0 Å². The smallest absolute Gasteiger partial charge is 0.134 e. The second kappa shape index (κ2) is 2.56. The standard InChI is InChI=1S/C10H19NO/c1-7(12)8-6-9(2,3)11-10(8,4)5/h8,11H,6H2,1-5H3. The first-order valence-corrected chi connectivity index (χ1v) is 4.54. The van der Waals surface area contributed by atoms with Crippen molar-refractivity contribution in [2.24, 2.45) is 5.92 Å². The molecule has 1 rings (SSSR count). The molecule has 0 spiro atoms. The van der Waals surface area contributed by atoms with Crippen LogP contribution in [-0.2, 0) is 4.79 Å². The van der Waals surface area contributed by atoms with Crippen LogP contribution in [0.2, 0.25) is 0 Å². The minimum atomic E-state index is -0.0324. The Morgan fingerprint density at radius 2 is 1.83 bits per heavy atom. The fraction of sp³-hybridized carbons (Fsp3) is 0.900. The third-order valence-electron chi connectivity index (χ3n) is 2.74. The predicted molar refractivity (Wildman–Crippen MR) is 50.1 cm³/mol. The van der Waals surface area contributed by atoms with Crippen LogP contribution in [0.3, 0.4) is 0 Å². The van der Waals surface area contributed by atoms with Crippen LogP contribution >= 0.6 is 0 Å². The number of Topliss-reactive ketones (excluding diaryl/α,β-unsaturated/α-hetero) is 1. The molecule has 2 heteroatoms. The second-order valence-corrected chi connectivity index (χ2v) is 5.10. The fourth-order valence-electron chi connectivity index (χ4n) is 2.43. The molecule has 2 nitrogen and oxygen atoms in total. The summed E-state index contributed by atoms with van der Waals surface area (Å²) in [4.78, 5) is 11.3. The van der Waals surface area contributed by atoms with Crippen LogP contribution < -0.4 is 5.32 Å². The fourth-order valence-corrected chi connectivity index (χ4v) is 2.43. The van der Waals surface area contributed by atoms with E-state index >= 15 is 0 Å². The van der Waals surface area contributed by atoms with Crippen molar-refractivity contribution in [2.45, 2.75) is 52.1 Å². The summed E-state index contributed by atoms with van der Waals surface area (Å²) in [5.74, 6) is 0.477. The van der Waals surface area contributed by atoms with Crippen LogP contribution in [0.25, 0.3) is 0 Å². The van der Waals surface area contributed by atoms with Gasteiger partial charge in [0.25, 0.3) is 0 Å². The first-order valence-electron chi connectivity index (χ1n) is 4.54. The SMILES string of the molecule is CC(=O)C1CC(C)(C)NC1(C)C. The van der Waals surface area contributed by atoms with E-state index in [0.29, 0.717) is 5.78 Å². The van der Waals surface area contributed by atoms with Gasteiger partial charge in [-0.2, -0.15) is 0 Å². The molecule has 0 aliphatic carbocycles. The van der Waals surface area contributed by atoms with Crippen molar-refractivity contribution in [1.29, 1.82) is 0 Å². The van der Waals surface area contributed by atoms with Gasteiger partial charge in [0, 0.05) is 17.0 Å². The van der Waals surface area contributed by atoms with E-state index in [1.54, 1.807) is 6.92 Å². The van der Waals surface area contributed by atoms with E-state index in [1.165, 1.54) is 0 Å². The molecule has 0 bridgehead atoms. The van der Waals surface area contributed by atoms with Crippen LogP contribution in [0, 0.1) is 5.92 Å². The molecule has 1 N–H and O–H groups in total. The van der Waals surface area contributed by atoms with E-state index in [-0.39, 0.29) is 17.0 Å². The van der Waals surface area contributed by atoms with Crippen molar-refractivity contribution in [1.82, 2.24) is 5.32 Å². The summed E-state index contributed by atoms with van der Waals surface area (Å²) < 4.78 is 0. The molecule has 1 aliphatic heterocycles. The Bertz CT molecular complexity index is 206. The van der Waals surface area contributed by atoms with Crippen LogP contribution in [-0.4, -0.2) is 16.9 Å². The van der Waals surface area contributed by atoms with Crippen molar-refractivity contribution < 1.29 is 4.79 Å². The molecule has 0 amide bonds. The molecular weight excluding hydrogens is 150 g/mol. The highest BCUT2D eigenvalue weighted by Gasteiger charge is 2.45. The van der Waals surface area contributed by atoms with Crippen LogP contribution in [0.5, 0.6) is 0 Å². The van der Waals surface area contributed by atoms with E-state index in [2.05, 4.69) is 33.0 Å².